The lowest BCUT2D eigenvalue weighted by Gasteiger charge is -2.30. The van der Waals surface area contributed by atoms with E-state index in [1.165, 1.54) is 10.6 Å². The highest BCUT2D eigenvalue weighted by molar-refractivity contribution is 9.10. The first-order chi connectivity index (χ1) is 7.72. The molecule has 16 heavy (non-hydrogen) atoms. The van der Waals surface area contributed by atoms with Crippen LogP contribution in [0.1, 0.15) is 24.5 Å². The Hall–Kier alpha value is -0.230. The number of thiophene rings is 1. The van der Waals surface area contributed by atoms with Gasteiger partial charge in [-0.05, 0) is 34.8 Å². The highest BCUT2D eigenvalue weighted by Crippen LogP contribution is 2.39. The second-order valence-electron chi connectivity index (χ2n) is 4.14. The van der Waals surface area contributed by atoms with Gasteiger partial charge in [0.25, 0.3) is 0 Å². The molecule has 3 rings (SSSR count). The average Bonchev–Trinajstić information content (AvgIpc) is 2.81. The summed E-state index contributed by atoms with van der Waals surface area (Å²) in [4.78, 5) is 5.95. The zero-order chi connectivity index (χ0) is 11.1. The molecule has 5 heteroatoms. The van der Waals surface area contributed by atoms with Crippen molar-refractivity contribution in [2.45, 2.75) is 24.8 Å². The topological polar surface area (TPSA) is 38.9 Å². The molecule has 0 spiro atoms. The van der Waals surface area contributed by atoms with Gasteiger partial charge in [0.2, 0.25) is 0 Å². The third kappa shape index (κ3) is 1.97. The Morgan fingerprint density at radius 2 is 2.12 bits per heavy atom. The van der Waals surface area contributed by atoms with Gasteiger partial charge in [-0.25, -0.2) is 4.98 Å². The molecule has 2 aromatic heterocycles. The van der Waals surface area contributed by atoms with Gasteiger partial charge in [0.1, 0.15) is 5.01 Å². The summed E-state index contributed by atoms with van der Waals surface area (Å²) >= 11 is 6.93. The molecule has 2 heterocycles. The summed E-state index contributed by atoms with van der Waals surface area (Å²) < 4.78 is 1.13. The van der Waals surface area contributed by atoms with E-state index in [1.807, 2.05) is 0 Å². The second kappa shape index (κ2) is 4.22. The Labute approximate surface area is 111 Å². The number of aromatic nitrogens is 1. The number of hydrogen-bond donors (Lipinski definition) is 1. The fraction of sp³-hybridized carbons (Fsp3) is 0.364. The fourth-order valence-corrected chi connectivity index (χ4v) is 4.32. The summed E-state index contributed by atoms with van der Waals surface area (Å²) in [5.41, 5.74) is 7.03. The van der Waals surface area contributed by atoms with Crippen LogP contribution in [0.25, 0.3) is 9.88 Å². The van der Waals surface area contributed by atoms with Crippen molar-refractivity contribution in [1.82, 2.24) is 4.98 Å². The average molecular weight is 315 g/mol. The molecule has 0 aromatic carbocycles. The van der Waals surface area contributed by atoms with Gasteiger partial charge in [-0.3, -0.25) is 0 Å². The van der Waals surface area contributed by atoms with Crippen LogP contribution in [0.5, 0.6) is 0 Å². The molecule has 1 saturated carbocycles. The molecule has 0 unspecified atom stereocenters. The molecule has 0 atom stereocenters. The van der Waals surface area contributed by atoms with E-state index in [9.17, 15) is 0 Å². The molecule has 1 fully saturated rings. The van der Waals surface area contributed by atoms with Crippen LogP contribution < -0.4 is 5.73 Å². The van der Waals surface area contributed by atoms with E-state index >= 15 is 0 Å². The molecule has 2 aromatic rings. The first-order valence-electron chi connectivity index (χ1n) is 5.18. The summed E-state index contributed by atoms with van der Waals surface area (Å²) in [6, 6.07) is 2.52. The molecule has 0 bridgehead atoms. The highest BCUT2D eigenvalue weighted by atomic mass is 79.9. The molecular weight excluding hydrogens is 304 g/mol. The summed E-state index contributed by atoms with van der Waals surface area (Å²) in [6.07, 6.45) is 2.19. The molecule has 1 aliphatic rings. The quantitative estimate of drug-likeness (QED) is 0.914. The number of nitrogens with two attached hydrogens (primary N) is 1. The van der Waals surface area contributed by atoms with Crippen molar-refractivity contribution in [2.24, 2.45) is 5.73 Å². The second-order valence-corrected chi connectivity index (χ2v) is 6.82. The van der Waals surface area contributed by atoms with Gasteiger partial charge in [-0.15, -0.1) is 22.7 Å². The van der Waals surface area contributed by atoms with Crippen LogP contribution in [0.15, 0.2) is 21.3 Å². The van der Waals surface area contributed by atoms with Gasteiger partial charge in [0.05, 0.1) is 10.6 Å². The Kier molecular flexibility index (Phi) is 2.87. The van der Waals surface area contributed by atoms with Crippen molar-refractivity contribution < 1.29 is 0 Å². The molecule has 0 radical (unpaired) electrons. The molecular formula is C11H11BrN2S2. The van der Waals surface area contributed by atoms with Crippen LogP contribution in [-0.2, 0) is 0 Å². The van der Waals surface area contributed by atoms with E-state index in [0.717, 1.165) is 22.3 Å². The van der Waals surface area contributed by atoms with E-state index in [2.05, 4.69) is 32.8 Å². The Morgan fingerprint density at radius 3 is 2.75 bits per heavy atom. The summed E-state index contributed by atoms with van der Waals surface area (Å²) in [5.74, 6) is 0.600. The Bertz CT molecular complexity index is 500. The Balaban J connectivity index is 1.82. The molecule has 0 aliphatic heterocycles. The number of thiazole rings is 1. The third-order valence-electron chi connectivity index (χ3n) is 2.89. The normalized spacial score (nSPS) is 24.4. The highest BCUT2D eigenvalue weighted by Gasteiger charge is 2.29. The van der Waals surface area contributed by atoms with Gasteiger partial charge in [-0.2, -0.15) is 0 Å². The minimum atomic E-state index is 0.394. The first-order valence-corrected chi connectivity index (χ1v) is 7.73. The van der Waals surface area contributed by atoms with Crippen molar-refractivity contribution in [3.8, 4) is 9.88 Å². The summed E-state index contributed by atoms with van der Waals surface area (Å²) in [5, 5.41) is 5.40. The predicted octanol–water partition coefficient (Wildman–Crippen LogP) is 3.84. The lowest BCUT2D eigenvalue weighted by atomic mass is 9.79. The van der Waals surface area contributed by atoms with E-state index in [-0.39, 0.29) is 0 Å². The van der Waals surface area contributed by atoms with Crippen molar-refractivity contribution in [2.75, 3.05) is 0 Å². The van der Waals surface area contributed by atoms with Gasteiger partial charge in [-0.1, -0.05) is 0 Å². The molecule has 84 valence electrons. The van der Waals surface area contributed by atoms with Crippen molar-refractivity contribution in [3.63, 3.8) is 0 Å². The number of halogens is 1. The van der Waals surface area contributed by atoms with Crippen LogP contribution in [0, 0.1) is 0 Å². The monoisotopic (exact) mass is 314 g/mol. The maximum atomic E-state index is 5.80. The van der Waals surface area contributed by atoms with E-state index in [4.69, 9.17) is 10.7 Å². The van der Waals surface area contributed by atoms with Gasteiger partial charge >= 0.3 is 0 Å². The van der Waals surface area contributed by atoms with Crippen molar-refractivity contribution >= 4 is 38.6 Å². The van der Waals surface area contributed by atoms with E-state index in [1.54, 1.807) is 22.7 Å². The number of nitrogens with zero attached hydrogens (tertiary/aromatic N) is 1. The lowest BCUT2D eigenvalue weighted by molar-refractivity contribution is 0.346. The largest absolute Gasteiger partial charge is 0.328 e. The van der Waals surface area contributed by atoms with Crippen LogP contribution >= 0.6 is 38.6 Å². The van der Waals surface area contributed by atoms with Gasteiger partial charge in [0, 0.05) is 27.2 Å². The summed E-state index contributed by atoms with van der Waals surface area (Å²) in [7, 11) is 0. The number of rotatable bonds is 2. The first kappa shape index (κ1) is 10.9. The van der Waals surface area contributed by atoms with E-state index < -0.39 is 0 Å². The molecule has 0 saturated heterocycles. The molecule has 0 amide bonds. The summed E-state index contributed by atoms with van der Waals surface area (Å²) in [6.45, 7) is 0. The number of hydrogen-bond acceptors (Lipinski definition) is 4. The SMILES string of the molecule is NC1CC(c2csc(-c3cc(Br)cs3)n2)C1. The maximum Gasteiger partial charge on any atom is 0.133 e. The van der Waals surface area contributed by atoms with Crippen molar-refractivity contribution in [1.29, 1.82) is 0 Å². The molecule has 2 nitrogen and oxygen atoms in total. The van der Waals surface area contributed by atoms with Crippen LogP contribution in [0.3, 0.4) is 0 Å². The fourth-order valence-electron chi connectivity index (χ4n) is 1.92. The molecule has 2 N–H and O–H groups in total. The Morgan fingerprint density at radius 1 is 1.31 bits per heavy atom. The lowest BCUT2D eigenvalue weighted by Crippen LogP contribution is -2.34. The standard InChI is InChI=1S/C11H11BrN2S2/c12-7-3-10(15-4-7)11-14-9(5-16-11)6-1-8(13)2-6/h3-6,8H,1-2,13H2. The zero-order valence-corrected chi connectivity index (χ0v) is 11.7. The molecule has 1 aliphatic carbocycles. The van der Waals surface area contributed by atoms with Gasteiger partial charge < -0.3 is 5.73 Å². The maximum absolute atomic E-state index is 5.80. The minimum Gasteiger partial charge on any atom is -0.328 e. The van der Waals surface area contributed by atoms with Crippen LogP contribution in [-0.4, -0.2) is 11.0 Å². The van der Waals surface area contributed by atoms with Crippen LogP contribution in [0.4, 0.5) is 0 Å². The van der Waals surface area contributed by atoms with Gasteiger partial charge in [0.15, 0.2) is 0 Å². The predicted molar refractivity (Wildman–Crippen MR) is 73.1 cm³/mol. The van der Waals surface area contributed by atoms with E-state index in [0.29, 0.717) is 12.0 Å². The van der Waals surface area contributed by atoms with Crippen molar-refractivity contribution in [3.05, 3.63) is 27.0 Å². The smallest absolute Gasteiger partial charge is 0.133 e. The minimum absolute atomic E-state index is 0.394. The third-order valence-corrected chi connectivity index (χ3v) is 5.61. The van der Waals surface area contributed by atoms with Crippen LogP contribution in [0.2, 0.25) is 0 Å². The zero-order valence-electron chi connectivity index (χ0n) is 8.52.